The Bertz CT molecular complexity index is 1210. The lowest BCUT2D eigenvalue weighted by molar-refractivity contribution is 0.302. The quantitative estimate of drug-likeness (QED) is 0.160. The van der Waals surface area contributed by atoms with Gasteiger partial charge in [-0.05, 0) is 104 Å². The van der Waals surface area contributed by atoms with Crippen molar-refractivity contribution in [2.75, 3.05) is 13.2 Å². The Kier molecular flexibility index (Phi) is 10.5. The van der Waals surface area contributed by atoms with Gasteiger partial charge in [-0.2, -0.15) is 0 Å². The van der Waals surface area contributed by atoms with Crippen molar-refractivity contribution in [1.29, 1.82) is 0 Å². The van der Waals surface area contributed by atoms with Crippen molar-refractivity contribution in [3.05, 3.63) is 95.8 Å². The van der Waals surface area contributed by atoms with Gasteiger partial charge in [0.2, 0.25) is 0 Å². The van der Waals surface area contributed by atoms with Crippen LogP contribution in [-0.2, 0) is 6.42 Å². The zero-order chi connectivity index (χ0) is 27.6. The Morgan fingerprint density at radius 1 is 0.872 bits per heavy atom. The summed E-state index contributed by atoms with van der Waals surface area (Å²) in [6.45, 7) is 6.81. The third-order valence-corrected chi connectivity index (χ3v) is 7.77. The highest BCUT2D eigenvalue weighted by molar-refractivity contribution is 5.65. The molecule has 1 aliphatic rings. The molecule has 3 aromatic rings. The number of rotatable bonds is 13. The lowest BCUT2D eigenvalue weighted by atomic mass is 9.77. The van der Waals surface area contributed by atoms with Gasteiger partial charge >= 0.3 is 0 Å². The lowest BCUT2D eigenvalue weighted by Crippen LogP contribution is -2.14. The van der Waals surface area contributed by atoms with E-state index in [4.69, 9.17) is 9.47 Å². The molecule has 1 fully saturated rings. The molecule has 0 saturated heterocycles. The Balaban J connectivity index is 1.29. The summed E-state index contributed by atoms with van der Waals surface area (Å²) in [6.07, 6.45) is 9.71. The minimum atomic E-state index is -0.796. The largest absolute Gasteiger partial charge is 0.494 e. The topological polar surface area (TPSA) is 18.5 Å². The molecule has 4 rings (SSSR count). The monoisotopic (exact) mass is 536 g/mol. The molecule has 1 aliphatic carbocycles. The van der Waals surface area contributed by atoms with E-state index < -0.39 is 11.6 Å². The average Bonchev–Trinajstić information content (AvgIpc) is 2.96. The third-order valence-electron chi connectivity index (χ3n) is 7.77. The van der Waals surface area contributed by atoms with Gasteiger partial charge in [0.15, 0.2) is 23.2 Å². The van der Waals surface area contributed by atoms with Gasteiger partial charge in [-0.25, -0.2) is 13.2 Å². The Labute approximate surface area is 230 Å². The molecule has 39 heavy (non-hydrogen) atoms. The Morgan fingerprint density at radius 2 is 1.64 bits per heavy atom. The molecule has 1 saturated carbocycles. The van der Waals surface area contributed by atoms with E-state index in [1.165, 1.54) is 0 Å². The molecule has 3 aromatic carbocycles. The van der Waals surface area contributed by atoms with E-state index in [0.29, 0.717) is 49.0 Å². The molecule has 0 bridgehead atoms. The van der Waals surface area contributed by atoms with Crippen molar-refractivity contribution in [2.24, 2.45) is 5.92 Å². The van der Waals surface area contributed by atoms with Crippen molar-refractivity contribution in [2.45, 2.75) is 70.6 Å². The number of benzene rings is 3. The standard InChI is InChI=1S/C34H39F3O2/c1-3-5-21-38-29-17-13-26(14-18-29)30-19-15-27(33(36)34(30)37)12-9-24-7-10-25(11-8-24)28-16-20-32(31(35)23-28)39-22-6-4-2/h4,13-20,23-25H,2-3,5-12,21-22H2,1H3. The molecule has 0 aliphatic heterocycles. The maximum absolute atomic E-state index is 15.0. The first-order chi connectivity index (χ1) is 19.0. The normalized spacial score (nSPS) is 17.1. The van der Waals surface area contributed by atoms with E-state index in [0.717, 1.165) is 56.3 Å². The van der Waals surface area contributed by atoms with Crippen LogP contribution in [0.25, 0.3) is 11.1 Å². The lowest BCUT2D eigenvalue weighted by Gasteiger charge is -2.29. The molecule has 0 spiro atoms. The van der Waals surface area contributed by atoms with Gasteiger partial charge < -0.3 is 9.47 Å². The molecule has 5 heteroatoms. The molecular formula is C34H39F3O2. The number of ether oxygens (including phenoxy) is 2. The highest BCUT2D eigenvalue weighted by Crippen LogP contribution is 2.39. The molecule has 0 amide bonds. The van der Waals surface area contributed by atoms with Gasteiger partial charge in [0.05, 0.1) is 13.2 Å². The molecule has 0 aromatic heterocycles. The number of hydrogen-bond donors (Lipinski definition) is 0. The van der Waals surface area contributed by atoms with E-state index in [9.17, 15) is 13.2 Å². The summed E-state index contributed by atoms with van der Waals surface area (Å²) in [7, 11) is 0. The number of aryl methyl sites for hydroxylation is 1. The van der Waals surface area contributed by atoms with Gasteiger partial charge in [0, 0.05) is 5.56 Å². The minimum Gasteiger partial charge on any atom is -0.494 e. The van der Waals surface area contributed by atoms with Crippen LogP contribution in [0, 0.1) is 23.4 Å². The summed E-state index contributed by atoms with van der Waals surface area (Å²) in [4.78, 5) is 0. The Hall–Kier alpha value is -3.21. The van der Waals surface area contributed by atoms with Crippen molar-refractivity contribution in [3.63, 3.8) is 0 Å². The summed E-state index contributed by atoms with van der Waals surface area (Å²) < 4.78 is 55.6. The summed E-state index contributed by atoms with van der Waals surface area (Å²) >= 11 is 0. The molecule has 0 radical (unpaired) electrons. The van der Waals surface area contributed by atoms with Crippen molar-refractivity contribution in [3.8, 4) is 22.6 Å². The van der Waals surface area contributed by atoms with E-state index in [2.05, 4.69) is 13.5 Å². The second kappa shape index (κ2) is 14.3. The molecule has 0 heterocycles. The SMILES string of the molecule is C=CCCOc1ccc(C2CCC(CCc3ccc(-c4ccc(OCCCC)cc4)c(F)c3F)CC2)cc1F. The third kappa shape index (κ3) is 7.68. The van der Waals surface area contributed by atoms with E-state index in [1.54, 1.807) is 54.6 Å². The zero-order valence-electron chi connectivity index (χ0n) is 22.9. The highest BCUT2D eigenvalue weighted by Gasteiger charge is 2.24. The predicted octanol–water partition coefficient (Wildman–Crippen LogP) is 9.81. The zero-order valence-corrected chi connectivity index (χ0v) is 22.9. The summed E-state index contributed by atoms with van der Waals surface area (Å²) in [6, 6.07) is 15.8. The second-order valence-electron chi connectivity index (χ2n) is 10.5. The maximum Gasteiger partial charge on any atom is 0.166 e. The average molecular weight is 537 g/mol. The van der Waals surface area contributed by atoms with Crippen LogP contribution >= 0.6 is 0 Å². The minimum absolute atomic E-state index is 0.265. The Morgan fingerprint density at radius 3 is 2.33 bits per heavy atom. The molecule has 0 atom stereocenters. The van der Waals surface area contributed by atoms with Gasteiger partial charge in [0.1, 0.15) is 5.75 Å². The van der Waals surface area contributed by atoms with Gasteiger partial charge in [-0.15, -0.1) is 6.58 Å². The van der Waals surface area contributed by atoms with Gasteiger partial charge in [-0.3, -0.25) is 0 Å². The molecule has 2 nitrogen and oxygen atoms in total. The van der Waals surface area contributed by atoms with Crippen LogP contribution in [0.3, 0.4) is 0 Å². The van der Waals surface area contributed by atoms with E-state index in [1.807, 2.05) is 6.07 Å². The van der Waals surface area contributed by atoms with Crippen LogP contribution in [0.15, 0.2) is 67.3 Å². The summed E-state index contributed by atoms with van der Waals surface area (Å²) in [5.74, 6) is -0.0938. The van der Waals surface area contributed by atoms with Crippen LogP contribution in [0.2, 0.25) is 0 Å². The van der Waals surface area contributed by atoms with Crippen LogP contribution in [0.1, 0.15) is 75.3 Å². The smallest absolute Gasteiger partial charge is 0.166 e. The number of hydrogen-bond acceptors (Lipinski definition) is 2. The molecular weight excluding hydrogens is 497 g/mol. The summed E-state index contributed by atoms with van der Waals surface area (Å²) in [5.41, 5.74) is 2.33. The first-order valence-electron chi connectivity index (χ1n) is 14.2. The van der Waals surface area contributed by atoms with Crippen LogP contribution < -0.4 is 9.47 Å². The second-order valence-corrected chi connectivity index (χ2v) is 10.5. The van der Waals surface area contributed by atoms with Crippen molar-refractivity contribution in [1.82, 2.24) is 0 Å². The molecule has 208 valence electrons. The van der Waals surface area contributed by atoms with Crippen LogP contribution in [0.5, 0.6) is 11.5 Å². The van der Waals surface area contributed by atoms with Crippen LogP contribution in [0.4, 0.5) is 13.2 Å². The first kappa shape index (κ1) is 28.8. The molecule has 0 unspecified atom stereocenters. The van der Waals surface area contributed by atoms with Crippen LogP contribution in [-0.4, -0.2) is 13.2 Å². The number of halogens is 3. The van der Waals surface area contributed by atoms with Crippen molar-refractivity contribution >= 4 is 0 Å². The van der Waals surface area contributed by atoms with Crippen molar-refractivity contribution < 1.29 is 22.6 Å². The van der Waals surface area contributed by atoms with E-state index in [-0.39, 0.29) is 17.1 Å². The predicted molar refractivity (Wildman–Crippen MR) is 152 cm³/mol. The highest BCUT2D eigenvalue weighted by atomic mass is 19.2. The fourth-order valence-electron chi connectivity index (χ4n) is 5.35. The summed E-state index contributed by atoms with van der Waals surface area (Å²) in [5, 5.41) is 0. The van der Waals surface area contributed by atoms with Gasteiger partial charge in [-0.1, -0.05) is 49.8 Å². The number of unbranched alkanes of at least 4 members (excludes halogenated alkanes) is 1. The fraction of sp³-hybridized carbons (Fsp3) is 0.412. The first-order valence-corrected chi connectivity index (χ1v) is 14.2. The van der Waals surface area contributed by atoms with E-state index >= 15 is 0 Å². The fourth-order valence-corrected chi connectivity index (χ4v) is 5.35. The molecule has 0 N–H and O–H groups in total. The maximum atomic E-state index is 15.0. The van der Waals surface area contributed by atoms with Gasteiger partial charge in [0.25, 0.3) is 0 Å².